The van der Waals surface area contributed by atoms with Gasteiger partial charge in [0, 0.05) is 17.5 Å². The molecule has 3 aliphatic carbocycles. The standard InChI is InChI=1S/C27H43NO3S/c1-18-4-6-19(7-5-18)17-28(21-8-10-22(29)11-9-21)23-16-24(32-25(23)26(30)31)20-12-14-27(2,3)15-13-20/h16,18-22,29H,4-15,17H2,1-3H3,(H,30,31). The van der Waals surface area contributed by atoms with E-state index >= 15 is 0 Å². The topological polar surface area (TPSA) is 60.8 Å². The highest BCUT2D eigenvalue weighted by Gasteiger charge is 2.34. The molecule has 0 spiro atoms. The Morgan fingerprint density at radius 1 is 1.03 bits per heavy atom. The molecule has 0 aromatic carbocycles. The molecule has 0 aliphatic heterocycles. The first-order valence-corrected chi connectivity index (χ1v) is 13.8. The maximum Gasteiger partial charge on any atom is 0.348 e. The molecule has 4 nitrogen and oxygen atoms in total. The summed E-state index contributed by atoms with van der Waals surface area (Å²) < 4.78 is 0. The van der Waals surface area contributed by atoms with E-state index in [0.717, 1.165) is 43.8 Å². The number of rotatable bonds is 6. The molecule has 0 amide bonds. The monoisotopic (exact) mass is 461 g/mol. The zero-order valence-electron chi connectivity index (χ0n) is 20.3. The number of aliphatic hydroxyl groups excluding tert-OH is 1. The van der Waals surface area contributed by atoms with Gasteiger partial charge in [-0.3, -0.25) is 0 Å². The first-order chi connectivity index (χ1) is 15.2. The Labute approximate surface area is 198 Å². The maximum absolute atomic E-state index is 12.3. The van der Waals surface area contributed by atoms with Gasteiger partial charge in [-0.05, 0) is 93.4 Å². The molecule has 2 N–H and O–H groups in total. The second-order valence-electron chi connectivity index (χ2n) is 11.8. The molecule has 0 atom stereocenters. The molecule has 0 unspecified atom stereocenters. The number of anilines is 1. The minimum absolute atomic E-state index is 0.189. The number of carboxylic acids is 1. The van der Waals surface area contributed by atoms with Crippen LogP contribution in [-0.4, -0.2) is 34.9 Å². The molecule has 3 saturated carbocycles. The van der Waals surface area contributed by atoms with Crippen molar-refractivity contribution in [2.45, 2.75) is 116 Å². The maximum atomic E-state index is 12.3. The number of carbonyl (C=O) groups is 1. The fraction of sp³-hybridized carbons (Fsp3) is 0.815. The molecule has 0 bridgehead atoms. The molecule has 1 aromatic heterocycles. The minimum Gasteiger partial charge on any atom is -0.477 e. The highest BCUT2D eigenvalue weighted by atomic mass is 32.1. The van der Waals surface area contributed by atoms with E-state index in [1.807, 2.05) is 0 Å². The van der Waals surface area contributed by atoms with Crippen LogP contribution in [0, 0.1) is 17.3 Å². The third kappa shape index (κ3) is 5.70. The SMILES string of the molecule is CC1CCC(CN(c2cc(C3CCC(C)(C)CC3)sc2C(=O)O)C2CCC(O)CC2)CC1. The van der Waals surface area contributed by atoms with Gasteiger partial charge < -0.3 is 15.1 Å². The van der Waals surface area contributed by atoms with Crippen molar-refractivity contribution >= 4 is 23.0 Å². The molecule has 0 saturated heterocycles. The van der Waals surface area contributed by atoms with Gasteiger partial charge in [-0.25, -0.2) is 4.79 Å². The number of nitrogens with zero attached hydrogens (tertiary/aromatic N) is 1. The first kappa shape index (κ1) is 24.1. The molecule has 0 radical (unpaired) electrons. The van der Waals surface area contributed by atoms with Gasteiger partial charge in [0.2, 0.25) is 0 Å². The molecule has 5 heteroatoms. The summed E-state index contributed by atoms with van der Waals surface area (Å²) in [5.74, 6) is 1.21. The zero-order valence-corrected chi connectivity index (χ0v) is 21.1. The average molecular weight is 462 g/mol. The van der Waals surface area contributed by atoms with Crippen LogP contribution in [0.4, 0.5) is 5.69 Å². The van der Waals surface area contributed by atoms with Crippen LogP contribution < -0.4 is 4.90 Å². The summed E-state index contributed by atoms with van der Waals surface area (Å²) in [7, 11) is 0. The largest absolute Gasteiger partial charge is 0.477 e. The van der Waals surface area contributed by atoms with Crippen molar-refractivity contribution < 1.29 is 15.0 Å². The van der Waals surface area contributed by atoms with Crippen molar-refractivity contribution in [3.8, 4) is 0 Å². The molecule has 4 rings (SSSR count). The Hall–Kier alpha value is -1.07. The van der Waals surface area contributed by atoms with Crippen LogP contribution in [0.15, 0.2) is 6.07 Å². The van der Waals surface area contributed by atoms with Gasteiger partial charge >= 0.3 is 5.97 Å². The minimum atomic E-state index is -0.773. The molecule has 1 heterocycles. The summed E-state index contributed by atoms with van der Waals surface area (Å²) in [6.45, 7) is 8.04. The number of hydrogen-bond acceptors (Lipinski definition) is 4. The lowest BCUT2D eigenvalue weighted by atomic mass is 9.73. The molecule has 3 aliphatic rings. The Morgan fingerprint density at radius 3 is 2.25 bits per heavy atom. The number of hydrogen-bond donors (Lipinski definition) is 2. The number of carboxylic acid groups (broad SMARTS) is 1. The second kappa shape index (κ2) is 10.0. The summed E-state index contributed by atoms with van der Waals surface area (Å²) in [6.07, 6.45) is 13.3. The lowest BCUT2D eigenvalue weighted by Gasteiger charge is -2.40. The van der Waals surface area contributed by atoms with Crippen molar-refractivity contribution in [1.29, 1.82) is 0 Å². The van der Waals surface area contributed by atoms with Crippen LogP contribution in [0.25, 0.3) is 0 Å². The van der Waals surface area contributed by atoms with Gasteiger partial charge in [0.15, 0.2) is 0 Å². The van der Waals surface area contributed by atoms with Crippen molar-refractivity contribution in [3.63, 3.8) is 0 Å². The Bertz CT molecular complexity index is 762. The Kier molecular flexibility index (Phi) is 7.56. The zero-order chi connectivity index (χ0) is 22.9. The van der Waals surface area contributed by atoms with Crippen LogP contribution >= 0.6 is 11.3 Å². The van der Waals surface area contributed by atoms with E-state index in [4.69, 9.17) is 0 Å². The molecule has 1 aromatic rings. The van der Waals surface area contributed by atoms with Gasteiger partial charge in [-0.2, -0.15) is 0 Å². The summed E-state index contributed by atoms with van der Waals surface area (Å²) in [6, 6.07) is 2.61. The number of aliphatic hydroxyl groups is 1. The number of thiophene rings is 1. The van der Waals surface area contributed by atoms with Crippen molar-refractivity contribution in [1.82, 2.24) is 0 Å². The average Bonchev–Trinajstić information content (AvgIpc) is 3.19. The molecule has 3 fully saturated rings. The van der Waals surface area contributed by atoms with E-state index in [0.29, 0.717) is 28.2 Å². The Morgan fingerprint density at radius 2 is 1.66 bits per heavy atom. The van der Waals surface area contributed by atoms with E-state index in [1.165, 1.54) is 67.6 Å². The third-order valence-electron chi connectivity index (χ3n) is 8.67. The molecular weight excluding hydrogens is 418 g/mol. The van der Waals surface area contributed by atoms with Gasteiger partial charge in [-0.1, -0.05) is 33.6 Å². The van der Waals surface area contributed by atoms with Gasteiger partial charge in [0.25, 0.3) is 0 Å². The first-order valence-electron chi connectivity index (χ1n) is 13.0. The summed E-state index contributed by atoms with van der Waals surface area (Å²) in [5, 5.41) is 20.2. The molecule has 180 valence electrons. The van der Waals surface area contributed by atoms with E-state index in [9.17, 15) is 15.0 Å². The summed E-state index contributed by atoms with van der Waals surface area (Å²) in [4.78, 5) is 16.6. The van der Waals surface area contributed by atoms with E-state index in [1.54, 1.807) is 0 Å². The summed E-state index contributed by atoms with van der Waals surface area (Å²) in [5.41, 5.74) is 1.39. The van der Waals surface area contributed by atoms with Crippen LogP contribution in [-0.2, 0) is 0 Å². The number of aromatic carboxylic acids is 1. The highest BCUT2D eigenvalue weighted by Crippen LogP contribution is 2.47. The van der Waals surface area contributed by atoms with E-state index in [-0.39, 0.29) is 6.10 Å². The normalized spacial score (nSPS) is 31.4. The van der Waals surface area contributed by atoms with Crippen LogP contribution in [0.3, 0.4) is 0 Å². The third-order valence-corrected chi connectivity index (χ3v) is 9.95. The highest BCUT2D eigenvalue weighted by molar-refractivity contribution is 7.14. The molecular formula is C27H43NO3S. The lowest BCUT2D eigenvalue weighted by molar-refractivity contribution is 0.0702. The van der Waals surface area contributed by atoms with Gasteiger partial charge in [-0.15, -0.1) is 11.3 Å². The van der Waals surface area contributed by atoms with Crippen LogP contribution in [0.5, 0.6) is 0 Å². The van der Waals surface area contributed by atoms with E-state index < -0.39 is 5.97 Å². The smallest absolute Gasteiger partial charge is 0.348 e. The van der Waals surface area contributed by atoms with Crippen LogP contribution in [0.1, 0.15) is 118 Å². The molecule has 32 heavy (non-hydrogen) atoms. The fourth-order valence-electron chi connectivity index (χ4n) is 6.26. The van der Waals surface area contributed by atoms with E-state index in [2.05, 4.69) is 31.7 Å². The fourth-order valence-corrected chi connectivity index (χ4v) is 7.43. The predicted octanol–water partition coefficient (Wildman–Crippen LogP) is 7.07. The lowest BCUT2D eigenvalue weighted by Crippen LogP contribution is -2.43. The van der Waals surface area contributed by atoms with Crippen molar-refractivity contribution in [2.75, 3.05) is 11.4 Å². The summed E-state index contributed by atoms with van der Waals surface area (Å²) >= 11 is 1.54. The second-order valence-corrected chi connectivity index (χ2v) is 12.9. The van der Waals surface area contributed by atoms with Crippen molar-refractivity contribution in [2.24, 2.45) is 17.3 Å². The predicted molar refractivity (Wildman–Crippen MR) is 133 cm³/mol. The van der Waals surface area contributed by atoms with Crippen molar-refractivity contribution in [3.05, 3.63) is 15.8 Å². The van der Waals surface area contributed by atoms with Crippen LogP contribution in [0.2, 0.25) is 0 Å². The van der Waals surface area contributed by atoms with Gasteiger partial charge in [0.1, 0.15) is 4.88 Å². The quantitative estimate of drug-likeness (QED) is 0.476. The Balaban J connectivity index is 1.60. The van der Waals surface area contributed by atoms with Gasteiger partial charge in [0.05, 0.1) is 11.8 Å².